The van der Waals surface area contributed by atoms with Gasteiger partial charge in [-0.15, -0.1) is 0 Å². The molecule has 1 N–H and O–H groups in total. The topological polar surface area (TPSA) is 73.9 Å². The van der Waals surface area contributed by atoms with E-state index in [-0.39, 0.29) is 19.1 Å². The number of aryl methyl sites for hydroxylation is 1. The summed E-state index contributed by atoms with van der Waals surface area (Å²) in [4.78, 5) is 23.4. The molecule has 6 nitrogen and oxygen atoms in total. The molecule has 2 rings (SSSR count). The summed E-state index contributed by atoms with van der Waals surface area (Å²) in [6, 6.07) is 14.7. The predicted molar refractivity (Wildman–Crippen MR) is 92.5 cm³/mol. The van der Waals surface area contributed by atoms with Crippen LogP contribution < -0.4 is 14.8 Å². The Hall–Kier alpha value is -3.02. The molecule has 0 unspecified atom stereocenters. The number of esters is 1. The van der Waals surface area contributed by atoms with Gasteiger partial charge in [-0.25, -0.2) is 4.79 Å². The van der Waals surface area contributed by atoms with Crippen LogP contribution in [0.4, 0.5) is 0 Å². The Labute approximate surface area is 146 Å². The van der Waals surface area contributed by atoms with Crippen LogP contribution in [0.5, 0.6) is 11.5 Å². The number of methoxy groups -OCH3 is 1. The summed E-state index contributed by atoms with van der Waals surface area (Å²) in [6.45, 7) is 1.62. The van der Waals surface area contributed by atoms with E-state index in [2.05, 4.69) is 5.32 Å². The van der Waals surface area contributed by atoms with Crippen LogP contribution in [0.25, 0.3) is 0 Å². The molecule has 0 heterocycles. The largest absolute Gasteiger partial charge is 0.497 e. The van der Waals surface area contributed by atoms with Crippen LogP contribution in [0.1, 0.15) is 11.1 Å². The van der Waals surface area contributed by atoms with Crippen LogP contribution in [0.3, 0.4) is 0 Å². The zero-order chi connectivity index (χ0) is 18.1. The minimum atomic E-state index is -0.597. The van der Waals surface area contributed by atoms with Crippen LogP contribution in [-0.2, 0) is 20.9 Å². The molecule has 132 valence electrons. The van der Waals surface area contributed by atoms with E-state index in [1.807, 2.05) is 49.4 Å². The maximum Gasteiger partial charge on any atom is 0.344 e. The van der Waals surface area contributed by atoms with Gasteiger partial charge in [0.2, 0.25) is 0 Å². The van der Waals surface area contributed by atoms with Gasteiger partial charge in [0.1, 0.15) is 11.5 Å². The first-order chi connectivity index (χ1) is 12.1. The van der Waals surface area contributed by atoms with Crippen molar-refractivity contribution in [3.8, 4) is 11.5 Å². The van der Waals surface area contributed by atoms with E-state index < -0.39 is 5.97 Å². The maximum atomic E-state index is 11.7. The zero-order valence-corrected chi connectivity index (χ0v) is 14.3. The molecule has 2 aromatic rings. The Kier molecular flexibility index (Phi) is 6.83. The molecule has 0 spiro atoms. The first-order valence-electron chi connectivity index (χ1n) is 7.82. The van der Waals surface area contributed by atoms with Crippen molar-refractivity contribution in [2.45, 2.75) is 13.5 Å². The highest BCUT2D eigenvalue weighted by Gasteiger charge is 2.09. The average Bonchev–Trinajstić information content (AvgIpc) is 2.64. The maximum absolute atomic E-state index is 11.7. The highest BCUT2D eigenvalue weighted by atomic mass is 16.6. The average molecular weight is 343 g/mol. The van der Waals surface area contributed by atoms with Crippen LogP contribution in [0.2, 0.25) is 0 Å². The summed E-state index contributed by atoms with van der Waals surface area (Å²) in [5, 5.41) is 2.68. The predicted octanol–water partition coefficient (Wildman–Crippen LogP) is 2.24. The Bertz CT molecular complexity index is 729. The molecule has 0 aliphatic heterocycles. The van der Waals surface area contributed by atoms with Crippen LogP contribution in [0.15, 0.2) is 48.5 Å². The van der Waals surface area contributed by atoms with Crippen molar-refractivity contribution in [3.63, 3.8) is 0 Å². The van der Waals surface area contributed by atoms with E-state index in [1.165, 1.54) is 0 Å². The molecule has 0 bridgehead atoms. The minimum absolute atomic E-state index is 0.242. The third kappa shape index (κ3) is 6.18. The summed E-state index contributed by atoms with van der Waals surface area (Å²) >= 11 is 0. The van der Waals surface area contributed by atoms with Crippen LogP contribution in [-0.4, -0.2) is 32.2 Å². The van der Waals surface area contributed by atoms with Crippen molar-refractivity contribution in [2.75, 3.05) is 20.3 Å². The van der Waals surface area contributed by atoms with Gasteiger partial charge in [0.25, 0.3) is 5.91 Å². The lowest BCUT2D eigenvalue weighted by molar-refractivity contribution is -0.150. The van der Waals surface area contributed by atoms with Gasteiger partial charge < -0.3 is 19.5 Å². The lowest BCUT2D eigenvalue weighted by Gasteiger charge is -2.09. The Morgan fingerprint density at radius 3 is 2.60 bits per heavy atom. The van der Waals surface area contributed by atoms with Gasteiger partial charge in [0.05, 0.1) is 7.11 Å². The molecule has 0 fully saturated rings. The molecule has 0 radical (unpaired) electrons. The molecule has 0 saturated heterocycles. The Balaban J connectivity index is 1.68. The molecule has 25 heavy (non-hydrogen) atoms. The SMILES string of the molecule is COc1cccc(CNC(=O)COC(=O)COc2ccccc2C)c1. The second-order valence-corrected chi connectivity index (χ2v) is 5.34. The zero-order valence-electron chi connectivity index (χ0n) is 14.3. The third-order valence-corrected chi connectivity index (χ3v) is 3.43. The quantitative estimate of drug-likeness (QED) is 0.744. The molecular weight excluding hydrogens is 322 g/mol. The van der Waals surface area contributed by atoms with Crippen LogP contribution in [0, 0.1) is 6.92 Å². The second kappa shape index (κ2) is 9.32. The lowest BCUT2D eigenvalue weighted by Crippen LogP contribution is -2.29. The molecule has 0 atom stereocenters. The first kappa shape index (κ1) is 18.3. The fraction of sp³-hybridized carbons (Fsp3) is 0.263. The fourth-order valence-electron chi connectivity index (χ4n) is 2.08. The number of para-hydroxylation sites is 1. The molecule has 0 aliphatic carbocycles. The van der Waals surface area contributed by atoms with Gasteiger partial charge in [-0.2, -0.15) is 0 Å². The normalized spacial score (nSPS) is 10.0. The number of ether oxygens (including phenoxy) is 3. The smallest absolute Gasteiger partial charge is 0.344 e. The number of hydrogen-bond acceptors (Lipinski definition) is 5. The first-order valence-corrected chi connectivity index (χ1v) is 7.82. The molecule has 0 saturated carbocycles. The monoisotopic (exact) mass is 343 g/mol. The summed E-state index contributed by atoms with van der Waals surface area (Å²) in [5.74, 6) is 0.348. The van der Waals surface area contributed by atoms with Gasteiger partial charge >= 0.3 is 5.97 Å². The van der Waals surface area contributed by atoms with E-state index in [1.54, 1.807) is 13.2 Å². The van der Waals surface area contributed by atoms with E-state index >= 15 is 0 Å². The molecular formula is C19H21NO5. The van der Waals surface area contributed by atoms with Crippen molar-refractivity contribution >= 4 is 11.9 Å². The molecule has 1 amide bonds. The molecule has 6 heteroatoms. The Morgan fingerprint density at radius 2 is 1.84 bits per heavy atom. The van der Waals surface area contributed by atoms with Crippen molar-refractivity contribution in [2.24, 2.45) is 0 Å². The van der Waals surface area contributed by atoms with E-state index in [0.29, 0.717) is 18.0 Å². The van der Waals surface area contributed by atoms with Gasteiger partial charge in [0.15, 0.2) is 13.2 Å². The number of nitrogens with one attached hydrogen (secondary N) is 1. The van der Waals surface area contributed by atoms with Crippen molar-refractivity contribution < 1.29 is 23.8 Å². The third-order valence-electron chi connectivity index (χ3n) is 3.43. The highest BCUT2D eigenvalue weighted by molar-refractivity contribution is 5.80. The Morgan fingerprint density at radius 1 is 1.04 bits per heavy atom. The molecule has 0 aliphatic rings. The number of hydrogen-bond donors (Lipinski definition) is 1. The summed E-state index contributed by atoms with van der Waals surface area (Å²) in [6.07, 6.45) is 0. The number of benzene rings is 2. The number of carbonyl (C=O) groups excluding carboxylic acids is 2. The number of rotatable bonds is 8. The van der Waals surface area contributed by atoms with E-state index in [4.69, 9.17) is 14.2 Å². The molecule has 2 aromatic carbocycles. The number of carbonyl (C=O) groups is 2. The van der Waals surface area contributed by atoms with Crippen molar-refractivity contribution in [3.05, 3.63) is 59.7 Å². The van der Waals surface area contributed by atoms with Gasteiger partial charge in [-0.3, -0.25) is 4.79 Å². The van der Waals surface area contributed by atoms with Gasteiger partial charge in [-0.1, -0.05) is 30.3 Å². The second-order valence-electron chi connectivity index (χ2n) is 5.34. The highest BCUT2D eigenvalue weighted by Crippen LogP contribution is 2.16. The molecule has 0 aromatic heterocycles. The van der Waals surface area contributed by atoms with Gasteiger partial charge in [0, 0.05) is 6.54 Å². The van der Waals surface area contributed by atoms with Crippen LogP contribution >= 0.6 is 0 Å². The minimum Gasteiger partial charge on any atom is -0.497 e. The van der Waals surface area contributed by atoms with Crippen molar-refractivity contribution in [1.29, 1.82) is 0 Å². The lowest BCUT2D eigenvalue weighted by atomic mass is 10.2. The fourth-order valence-corrected chi connectivity index (χ4v) is 2.08. The summed E-state index contributed by atoms with van der Waals surface area (Å²) in [5.41, 5.74) is 1.81. The summed E-state index contributed by atoms with van der Waals surface area (Å²) < 4.78 is 15.4. The summed E-state index contributed by atoms with van der Waals surface area (Å²) in [7, 11) is 1.58. The van der Waals surface area contributed by atoms with E-state index in [9.17, 15) is 9.59 Å². The van der Waals surface area contributed by atoms with E-state index in [0.717, 1.165) is 11.1 Å². The van der Waals surface area contributed by atoms with Crippen molar-refractivity contribution in [1.82, 2.24) is 5.32 Å². The number of amides is 1. The standard InChI is InChI=1S/C19H21NO5/c1-14-6-3-4-9-17(14)24-13-19(22)25-12-18(21)20-11-15-7-5-8-16(10-15)23-2/h3-10H,11-13H2,1-2H3,(H,20,21). The van der Waals surface area contributed by atoms with Gasteiger partial charge in [-0.05, 0) is 36.2 Å².